The second kappa shape index (κ2) is 7.00. The SMILES string of the molecule is COc1cc(NS(=O)(=O)CC2CCNCC2)cc(OC)c1. The molecule has 1 fully saturated rings. The molecule has 2 N–H and O–H groups in total. The van der Waals surface area contributed by atoms with Crippen molar-refractivity contribution in [3.63, 3.8) is 0 Å². The fraction of sp³-hybridized carbons (Fsp3) is 0.571. The van der Waals surface area contributed by atoms with Gasteiger partial charge >= 0.3 is 0 Å². The third kappa shape index (κ3) is 4.78. The van der Waals surface area contributed by atoms with Gasteiger partial charge in [0, 0.05) is 18.2 Å². The highest BCUT2D eigenvalue weighted by molar-refractivity contribution is 7.92. The van der Waals surface area contributed by atoms with Crippen molar-refractivity contribution in [2.24, 2.45) is 5.92 Å². The molecule has 0 aliphatic carbocycles. The molecular formula is C14H22N2O4S. The third-order valence-corrected chi connectivity index (χ3v) is 5.00. The molecule has 6 nitrogen and oxygen atoms in total. The summed E-state index contributed by atoms with van der Waals surface area (Å²) in [5.74, 6) is 1.45. The lowest BCUT2D eigenvalue weighted by molar-refractivity contribution is 0.395. The molecule has 7 heteroatoms. The van der Waals surface area contributed by atoms with Crippen LogP contribution in [0.3, 0.4) is 0 Å². The maximum absolute atomic E-state index is 12.3. The maximum Gasteiger partial charge on any atom is 0.232 e. The van der Waals surface area contributed by atoms with Crippen molar-refractivity contribution >= 4 is 15.7 Å². The lowest BCUT2D eigenvalue weighted by Gasteiger charge is -2.22. The highest BCUT2D eigenvalue weighted by atomic mass is 32.2. The van der Waals surface area contributed by atoms with Crippen LogP contribution in [0.4, 0.5) is 5.69 Å². The molecule has 0 aromatic heterocycles. The summed E-state index contributed by atoms with van der Waals surface area (Å²) in [5.41, 5.74) is 0.458. The predicted octanol–water partition coefficient (Wildman–Crippen LogP) is 1.45. The van der Waals surface area contributed by atoms with Crippen LogP contribution in [0.5, 0.6) is 11.5 Å². The summed E-state index contributed by atoms with van der Waals surface area (Å²) < 4.78 is 37.4. The molecule has 118 valence electrons. The van der Waals surface area contributed by atoms with Gasteiger partial charge in [-0.1, -0.05) is 0 Å². The molecule has 1 aromatic rings. The number of benzene rings is 1. The Morgan fingerprint density at radius 3 is 2.24 bits per heavy atom. The van der Waals surface area contributed by atoms with Crippen molar-refractivity contribution in [1.82, 2.24) is 5.32 Å². The molecule has 1 aliphatic heterocycles. The quantitative estimate of drug-likeness (QED) is 0.831. The number of nitrogens with one attached hydrogen (secondary N) is 2. The van der Waals surface area contributed by atoms with E-state index < -0.39 is 10.0 Å². The Kier molecular flexibility index (Phi) is 5.30. The van der Waals surface area contributed by atoms with Crippen molar-refractivity contribution in [3.8, 4) is 11.5 Å². The van der Waals surface area contributed by atoms with Crippen molar-refractivity contribution in [2.75, 3.05) is 37.8 Å². The van der Waals surface area contributed by atoms with E-state index in [4.69, 9.17) is 9.47 Å². The average molecular weight is 314 g/mol. The minimum atomic E-state index is -3.37. The van der Waals surface area contributed by atoms with Gasteiger partial charge in [0.2, 0.25) is 10.0 Å². The van der Waals surface area contributed by atoms with Gasteiger partial charge in [0.15, 0.2) is 0 Å². The van der Waals surface area contributed by atoms with Crippen molar-refractivity contribution in [2.45, 2.75) is 12.8 Å². The van der Waals surface area contributed by atoms with Gasteiger partial charge in [-0.2, -0.15) is 0 Å². The van der Waals surface area contributed by atoms with Gasteiger partial charge in [-0.25, -0.2) is 8.42 Å². The summed E-state index contributed by atoms with van der Waals surface area (Å²) in [6.45, 7) is 1.76. The van der Waals surface area contributed by atoms with E-state index in [1.807, 2.05) is 0 Å². The minimum Gasteiger partial charge on any atom is -0.497 e. The summed E-state index contributed by atoms with van der Waals surface area (Å²) in [6.07, 6.45) is 1.78. The second-order valence-corrected chi connectivity index (χ2v) is 6.95. The van der Waals surface area contributed by atoms with Crippen molar-refractivity contribution in [1.29, 1.82) is 0 Å². The zero-order valence-electron chi connectivity index (χ0n) is 12.4. The van der Waals surface area contributed by atoms with E-state index in [-0.39, 0.29) is 11.7 Å². The minimum absolute atomic E-state index is 0.147. The summed E-state index contributed by atoms with van der Waals surface area (Å²) in [6, 6.07) is 4.98. The van der Waals surface area contributed by atoms with Crippen LogP contribution in [0, 0.1) is 5.92 Å². The number of anilines is 1. The van der Waals surface area contributed by atoms with E-state index in [0.29, 0.717) is 17.2 Å². The molecule has 0 saturated carbocycles. The molecule has 0 spiro atoms. The Morgan fingerprint density at radius 2 is 1.71 bits per heavy atom. The zero-order valence-corrected chi connectivity index (χ0v) is 13.2. The largest absolute Gasteiger partial charge is 0.497 e. The van der Waals surface area contributed by atoms with Gasteiger partial charge in [-0.3, -0.25) is 4.72 Å². The van der Waals surface area contributed by atoms with Gasteiger partial charge in [-0.05, 0) is 31.8 Å². The summed E-state index contributed by atoms with van der Waals surface area (Å²) in [5, 5.41) is 3.23. The van der Waals surface area contributed by atoms with Crippen molar-refractivity contribution in [3.05, 3.63) is 18.2 Å². The Labute approximate surface area is 125 Å². The first kappa shape index (κ1) is 15.9. The monoisotopic (exact) mass is 314 g/mol. The topological polar surface area (TPSA) is 76.7 Å². The Balaban J connectivity index is 2.08. The van der Waals surface area contributed by atoms with Crippen LogP contribution in [0.1, 0.15) is 12.8 Å². The van der Waals surface area contributed by atoms with E-state index in [2.05, 4.69) is 10.0 Å². The molecule has 1 aliphatic rings. The first-order chi connectivity index (χ1) is 10.0. The molecule has 0 amide bonds. The number of hydrogen-bond acceptors (Lipinski definition) is 5. The molecule has 0 bridgehead atoms. The number of ether oxygens (including phenoxy) is 2. The Bertz CT molecular complexity index is 546. The van der Waals surface area contributed by atoms with Crippen LogP contribution in [0.2, 0.25) is 0 Å². The molecule has 2 rings (SSSR count). The highest BCUT2D eigenvalue weighted by Crippen LogP contribution is 2.27. The van der Waals surface area contributed by atoms with Crippen LogP contribution < -0.4 is 19.5 Å². The molecule has 1 heterocycles. The van der Waals surface area contributed by atoms with E-state index in [1.54, 1.807) is 18.2 Å². The fourth-order valence-corrected chi connectivity index (χ4v) is 3.96. The zero-order chi connectivity index (χ0) is 15.3. The third-order valence-electron chi connectivity index (χ3n) is 3.54. The van der Waals surface area contributed by atoms with Crippen LogP contribution >= 0.6 is 0 Å². The van der Waals surface area contributed by atoms with Crippen LogP contribution in [0.25, 0.3) is 0 Å². The molecular weight excluding hydrogens is 292 g/mol. The summed E-state index contributed by atoms with van der Waals surface area (Å²) in [4.78, 5) is 0. The number of rotatable bonds is 6. The Hall–Kier alpha value is -1.47. The highest BCUT2D eigenvalue weighted by Gasteiger charge is 2.21. The standard InChI is InChI=1S/C14H22N2O4S/c1-19-13-7-12(8-14(9-13)20-2)16-21(17,18)10-11-3-5-15-6-4-11/h7-9,11,15-16H,3-6,10H2,1-2H3. The number of piperidine rings is 1. The predicted molar refractivity (Wildman–Crippen MR) is 82.5 cm³/mol. The number of methoxy groups -OCH3 is 2. The first-order valence-corrected chi connectivity index (χ1v) is 8.62. The normalized spacial score (nSPS) is 16.5. The molecule has 0 atom stereocenters. The summed E-state index contributed by atoms with van der Waals surface area (Å²) in [7, 11) is -0.313. The van der Waals surface area contributed by atoms with Gasteiger partial charge in [0.1, 0.15) is 11.5 Å². The summed E-state index contributed by atoms with van der Waals surface area (Å²) >= 11 is 0. The van der Waals surface area contributed by atoms with E-state index in [1.165, 1.54) is 14.2 Å². The van der Waals surface area contributed by atoms with Gasteiger partial charge in [0.25, 0.3) is 0 Å². The lowest BCUT2D eigenvalue weighted by Crippen LogP contribution is -2.33. The number of hydrogen-bond donors (Lipinski definition) is 2. The molecule has 1 aromatic carbocycles. The number of sulfonamides is 1. The Morgan fingerprint density at radius 1 is 1.14 bits per heavy atom. The molecule has 0 radical (unpaired) electrons. The second-order valence-electron chi connectivity index (χ2n) is 5.18. The van der Waals surface area contributed by atoms with Crippen LogP contribution in [-0.4, -0.2) is 41.5 Å². The van der Waals surface area contributed by atoms with E-state index >= 15 is 0 Å². The smallest absolute Gasteiger partial charge is 0.232 e. The van der Waals surface area contributed by atoms with Gasteiger partial charge in [-0.15, -0.1) is 0 Å². The fourth-order valence-electron chi connectivity index (χ4n) is 2.45. The molecule has 0 unspecified atom stereocenters. The van der Waals surface area contributed by atoms with Crippen molar-refractivity contribution < 1.29 is 17.9 Å². The van der Waals surface area contributed by atoms with E-state index in [9.17, 15) is 8.42 Å². The first-order valence-electron chi connectivity index (χ1n) is 6.96. The van der Waals surface area contributed by atoms with Crippen LogP contribution in [-0.2, 0) is 10.0 Å². The average Bonchev–Trinajstić information content (AvgIpc) is 2.46. The van der Waals surface area contributed by atoms with Gasteiger partial charge in [0.05, 0.1) is 25.7 Å². The van der Waals surface area contributed by atoms with E-state index in [0.717, 1.165) is 25.9 Å². The molecule has 21 heavy (non-hydrogen) atoms. The lowest BCUT2D eigenvalue weighted by atomic mass is 10.0. The maximum atomic E-state index is 12.3. The molecule has 1 saturated heterocycles. The van der Waals surface area contributed by atoms with Crippen LogP contribution in [0.15, 0.2) is 18.2 Å². The van der Waals surface area contributed by atoms with Gasteiger partial charge < -0.3 is 14.8 Å².